The fourth-order valence-corrected chi connectivity index (χ4v) is 2.67. The van der Waals surface area contributed by atoms with Crippen molar-refractivity contribution < 1.29 is 9.34 Å². The second kappa shape index (κ2) is 4.51. The van der Waals surface area contributed by atoms with Gasteiger partial charge in [-0.15, -0.1) is 0 Å². The van der Waals surface area contributed by atoms with Crippen LogP contribution in [0.3, 0.4) is 0 Å². The zero-order valence-electron chi connectivity index (χ0n) is 9.67. The highest BCUT2D eigenvalue weighted by Crippen LogP contribution is 2.39. The quantitative estimate of drug-likeness (QED) is 0.505. The molecular weight excluding hydrogens is 310 g/mol. The van der Waals surface area contributed by atoms with Crippen LogP contribution in [0, 0.1) is 10.1 Å². The monoisotopic (exact) mass is 317 g/mol. The molecule has 1 aromatic heterocycles. The summed E-state index contributed by atoms with van der Waals surface area (Å²) in [5.41, 5.74) is 2.04. The van der Waals surface area contributed by atoms with Crippen LogP contribution < -0.4 is 0 Å². The van der Waals surface area contributed by atoms with E-state index in [1.165, 1.54) is 6.07 Å². The van der Waals surface area contributed by atoms with Gasteiger partial charge in [-0.2, -0.15) is 0 Å². The van der Waals surface area contributed by atoms with Crippen LogP contribution >= 0.6 is 15.9 Å². The summed E-state index contributed by atoms with van der Waals surface area (Å²) in [5.74, 6) is 0. The summed E-state index contributed by atoms with van der Waals surface area (Å²) < 4.78 is 6.32. The van der Waals surface area contributed by atoms with Crippen molar-refractivity contribution in [3.05, 3.63) is 63.3 Å². The van der Waals surface area contributed by atoms with Crippen molar-refractivity contribution in [2.24, 2.45) is 0 Å². The molecule has 4 nitrogen and oxygen atoms in total. The molecule has 94 valence electrons. The van der Waals surface area contributed by atoms with E-state index in [4.69, 9.17) is 4.42 Å². The molecule has 0 spiro atoms. The fourth-order valence-electron chi connectivity index (χ4n) is 2.10. The van der Waals surface area contributed by atoms with Gasteiger partial charge in [0.05, 0.1) is 16.7 Å². The summed E-state index contributed by atoms with van der Waals surface area (Å²) in [6, 6.07) is 12.2. The lowest BCUT2D eigenvalue weighted by atomic mass is 10.0. The van der Waals surface area contributed by atoms with Crippen molar-refractivity contribution in [3.8, 4) is 11.1 Å². The van der Waals surface area contributed by atoms with Gasteiger partial charge in [-0.25, -0.2) is 0 Å². The Bertz CT molecular complexity index is 779. The summed E-state index contributed by atoms with van der Waals surface area (Å²) in [6.45, 7) is 0. The molecular formula is C14H8BrNO3. The molecule has 0 aliphatic heterocycles. The van der Waals surface area contributed by atoms with Gasteiger partial charge in [-0.3, -0.25) is 10.1 Å². The third kappa shape index (κ3) is 1.92. The fraction of sp³-hybridized carbons (Fsp3) is 0. The molecule has 0 bridgehead atoms. The van der Waals surface area contributed by atoms with Crippen LogP contribution in [-0.2, 0) is 0 Å². The van der Waals surface area contributed by atoms with Crippen molar-refractivity contribution >= 4 is 32.6 Å². The average molecular weight is 318 g/mol. The van der Waals surface area contributed by atoms with Gasteiger partial charge < -0.3 is 4.42 Å². The molecule has 0 unspecified atom stereocenters. The largest absolute Gasteiger partial charge is 0.464 e. The third-order valence-corrected chi connectivity index (χ3v) is 3.60. The smallest absolute Gasteiger partial charge is 0.277 e. The Hall–Kier alpha value is -2.14. The van der Waals surface area contributed by atoms with Crippen molar-refractivity contribution in [1.82, 2.24) is 0 Å². The van der Waals surface area contributed by atoms with Crippen molar-refractivity contribution in [2.45, 2.75) is 0 Å². The van der Waals surface area contributed by atoms with Crippen LogP contribution in [-0.4, -0.2) is 4.92 Å². The molecule has 19 heavy (non-hydrogen) atoms. The van der Waals surface area contributed by atoms with Gasteiger partial charge in [-0.05, 0) is 18.2 Å². The first-order chi connectivity index (χ1) is 9.18. The van der Waals surface area contributed by atoms with Crippen molar-refractivity contribution in [1.29, 1.82) is 0 Å². The Morgan fingerprint density at radius 3 is 2.63 bits per heavy atom. The Morgan fingerprint density at radius 2 is 1.84 bits per heavy atom. The highest BCUT2D eigenvalue weighted by molar-refractivity contribution is 9.10. The summed E-state index contributed by atoms with van der Waals surface area (Å²) in [6.07, 6.45) is 1.55. The minimum atomic E-state index is -0.384. The topological polar surface area (TPSA) is 56.3 Å². The highest BCUT2D eigenvalue weighted by atomic mass is 79.9. The predicted molar refractivity (Wildman–Crippen MR) is 76.0 cm³/mol. The molecule has 2 aromatic carbocycles. The number of furan rings is 1. The van der Waals surface area contributed by atoms with Gasteiger partial charge in [0.15, 0.2) is 0 Å². The molecule has 0 N–H and O–H groups in total. The number of fused-ring (bicyclic) bond motifs is 1. The number of nitro groups is 1. The average Bonchev–Trinajstić information content (AvgIpc) is 2.84. The van der Waals surface area contributed by atoms with Gasteiger partial charge in [0.1, 0.15) is 5.58 Å². The lowest BCUT2D eigenvalue weighted by molar-refractivity contribution is -0.384. The zero-order chi connectivity index (χ0) is 13.4. The first-order valence-corrected chi connectivity index (χ1v) is 6.37. The molecule has 3 aromatic rings. The molecule has 0 aliphatic rings. The van der Waals surface area contributed by atoms with Crippen molar-refractivity contribution in [2.75, 3.05) is 0 Å². The molecule has 0 radical (unpaired) electrons. The number of nitro benzene ring substituents is 1. The molecule has 0 atom stereocenters. The zero-order valence-corrected chi connectivity index (χ0v) is 11.3. The normalized spacial score (nSPS) is 10.8. The summed E-state index contributed by atoms with van der Waals surface area (Å²) >= 11 is 3.46. The first kappa shape index (κ1) is 11.9. The highest BCUT2D eigenvalue weighted by Gasteiger charge is 2.19. The van der Waals surface area contributed by atoms with E-state index in [-0.39, 0.29) is 10.6 Å². The van der Waals surface area contributed by atoms with Gasteiger partial charge in [0.25, 0.3) is 5.69 Å². The Morgan fingerprint density at radius 1 is 1.05 bits per heavy atom. The summed E-state index contributed by atoms with van der Waals surface area (Å²) in [7, 11) is 0. The van der Waals surface area contributed by atoms with Crippen LogP contribution in [0.1, 0.15) is 0 Å². The van der Waals surface area contributed by atoms with Crippen LogP contribution in [0.15, 0.2) is 57.6 Å². The summed E-state index contributed by atoms with van der Waals surface area (Å²) in [5, 5.41) is 11.9. The van der Waals surface area contributed by atoms with E-state index in [0.717, 1.165) is 15.4 Å². The number of hydrogen-bond donors (Lipinski definition) is 0. The molecule has 0 fully saturated rings. The lowest BCUT2D eigenvalue weighted by Gasteiger charge is -2.01. The molecule has 1 heterocycles. The Labute approximate surface area is 116 Å². The number of benzene rings is 2. The van der Waals surface area contributed by atoms with Crippen LogP contribution in [0.25, 0.3) is 22.1 Å². The molecule has 0 saturated heterocycles. The first-order valence-electron chi connectivity index (χ1n) is 5.58. The standard InChI is InChI=1S/C14H8BrNO3/c15-11-5-3-7-13-14(11)10(8-19-13)9-4-1-2-6-12(9)16(17)18/h1-8H. The number of halogens is 1. The second-order valence-corrected chi connectivity index (χ2v) is 4.89. The van der Waals surface area contributed by atoms with E-state index in [0.29, 0.717) is 11.1 Å². The minimum absolute atomic E-state index is 0.0703. The minimum Gasteiger partial charge on any atom is -0.464 e. The Kier molecular flexibility index (Phi) is 2.83. The maximum atomic E-state index is 11.1. The van der Waals surface area contributed by atoms with Crippen molar-refractivity contribution in [3.63, 3.8) is 0 Å². The maximum Gasteiger partial charge on any atom is 0.277 e. The van der Waals surface area contributed by atoms with Crippen LogP contribution in [0.5, 0.6) is 0 Å². The van der Waals surface area contributed by atoms with Gasteiger partial charge >= 0.3 is 0 Å². The van der Waals surface area contributed by atoms with E-state index in [9.17, 15) is 10.1 Å². The van der Waals surface area contributed by atoms with Gasteiger partial charge in [0, 0.05) is 21.5 Å². The molecule has 0 amide bonds. The Balaban J connectivity index is 2.34. The SMILES string of the molecule is O=[N+]([O-])c1ccccc1-c1coc2cccc(Br)c12. The second-order valence-electron chi connectivity index (χ2n) is 4.04. The summed E-state index contributed by atoms with van der Waals surface area (Å²) in [4.78, 5) is 10.7. The van der Waals surface area contributed by atoms with E-state index in [2.05, 4.69) is 15.9 Å². The molecule has 0 saturated carbocycles. The molecule has 0 aliphatic carbocycles. The van der Waals surface area contributed by atoms with Gasteiger partial charge in [0.2, 0.25) is 0 Å². The molecule has 3 rings (SSSR count). The third-order valence-electron chi connectivity index (χ3n) is 2.94. The van der Waals surface area contributed by atoms with Crippen LogP contribution in [0.2, 0.25) is 0 Å². The van der Waals surface area contributed by atoms with E-state index in [1.807, 2.05) is 18.2 Å². The van der Waals surface area contributed by atoms with E-state index >= 15 is 0 Å². The number of nitrogens with zero attached hydrogens (tertiary/aromatic N) is 1. The number of para-hydroxylation sites is 1. The predicted octanol–water partition coefficient (Wildman–Crippen LogP) is 4.77. The molecule has 5 heteroatoms. The number of rotatable bonds is 2. The number of hydrogen-bond acceptors (Lipinski definition) is 3. The maximum absolute atomic E-state index is 11.1. The van der Waals surface area contributed by atoms with E-state index < -0.39 is 0 Å². The lowest BCUT2D eigenvalue weighted by Crippen LogP contribution is -1.90. The van der Waals surface area contributed by atoms with Gasteiger partial charge in [-0.1, -0.05) is 34.1 Å². The van der Waals surface area contributed by atoms with Crippen LogP contribution in [0.4, 0.5) is 5.69 Å². The van der Waals surface area contributed by atoms with E-state index in [1.54, 1.807) is 24.5 Å².